The molecule has 24 heavy (non-hydrogen) atoms. The quantitative estimate of drug-likeness (QED) is 0.865. The number of hydrogen-bond donors (Lipinski definition) is 1. The van der Waals surface area contributed by atoms with Gasteiger partial charge in [0.25, 0.3) is 10.0 Å². The molecule has 2 aromatic carbocycles. The third-order valence-electron chi connectivity index (χ3n) is 3.05. The highest BCUT2D eigenvalue weighted by Gasteiger charge is 2.22. The zero-order valence-corrected chi connectivity index (χ0v) is 14.3. The maximum absolute atomic E-state index is 13.7. The fraction of sp³-hybridized carbons (Fsp3) is 0.143. The summed E-state index contributed by atoms with van der Waals surface area (Å²) < 4.78 is 78.3. The van der Waals surface area contributed by atoms with E-state index in [1.807, 2.05) is 4.72 Å². The van der Waals surface area contributed by atoms with Crippen molar-refractivity contribution in [2.75, 3.05) is 18.8 Å². The fourth-order valence-corrected chi connectivity index (χ4v) is 3.91. The van der Waals surface area contributed by atoms with Crippen molar-refractivity contribution in [2.24, 2.45) is 0 Å². The molecule has 0 radical (unpaired) electrons. The van der Waals surface area contributed by atoms with Crippen molar-refractivity contribution < 1.29 is 25.6 Å². The van der Waals surface area contributed by atoms with Crippen LogP contribution in [-0.4, -0.2) is 35.2 Å². The smallest absolute Gasteiger partial charge is 0.264 e. The number of anilines is 1. The number of hydrogen-bond acceptors (Lipinski definition) is 4. The molecule has 0 bridgehead atoms. The topological polar surface area (TPSA) is 83.6 Å². The van der Waals surface area contributed by atoms with Crippen molar-refractivity contribution in [2.45, 2.75) is 9.79 Å². The number of halogens is 2. The Kier molecular flexibility index (Phi) is 4.92. The molecule has 6 nitrogen and oxygen atoms in total. The highest BCUT2D eigenvalue weighted by atomic mass is 32.2. The zero-order chi connectivity index (χ0) is 18.1. The van der Waals surface area contributed by atoms with Crippen molar-refractivity contribution in [1.82, 2.24) is 4.31 Å². The Hall–Kier alpha value is -2.04. The van der Waals surface area contributed by atoms with Gasteiger partial charge in [-0.25, -0.2) is 29.9 Å². The van der Waals surface area contributed by atoms with E-state index >= 15 is 0 Å². The monoisotopic (exact) mass is 376 g/mol. The lowest BCUT2D eigenvalue weighted by Gasteiger charge is -2.13. The van der Waals surface area contributed by atoms with Gasteiger partial charge in [0.05, 0.1) is 10.6 Å². The summed E-state index contributed by atoms with van der Waals surface area (Å²) in [7, 11) is -5.54. The minimum atomic E-state index is -4.42. The lowest BCUT2D eigenvalue weighted by atomic mass is 10.3. The highest BCUT2D eigenvalue weighted by molar-refractivity contribution is 7.92. The number of nitrogens with one attached hydrogen (secondary N) is 1. The predicted octanol–water partition coefficient (Wildman–Crippen LogP) is 2.02. The van der Waals surface area contributed by atoms with Crippen LogP contribution in [0.5, 0.6) is 0 Å². The van der Waals surface area contributed by atoms with Crippen molar-refractivity contribution in [3.8, 4) is 0 Å². The van der Waals surface area contributed by atoms with Crippen molar-refractivity contribution in [1.29, 1.82) is 0 Å². The van der Waals surface area contributed by atoms with Crippen LogP contribution < -0.4 is 4.72 Å². The van der Waals surface area contributed by atoms with Crippen molar-refractivity contribution >= 4 is 25.7 Å². The van der Waals surface area contributed by atoms with E-state index in [1.54, 1.807) is 0 Å². The van der Waals surface area contributed by atoms with Gasteiger partial charge in [0.15, 0.2) is 0 Å². The molecule has 0 spiro atoms. The van der Waals surface area contributed by atoms with Crippen LogP contribution in [0.2, 0.25) is 0 Å². The van der Waals surface area contributed by atoms with Crippen molar-refractivity contribution in [3.05, 3.63) is 54.1 Å². The van der Waals surface area contributed by atoms with Crippen LogP contribution in [0.3, 0.4) is 0 Å². The molecule has 0 aliphatic rings. The standard InChI is InChI=1S/C14H14F2N2O4S2/c1-18(2)24(21,22)12-5-3-4-11(9-12)17-23(19,20)14-8-10(15)6-7-13(14)16/h3-9,17H,1-2H3. The van der Waals surface area contributed by atoms with Crippen molar-refractivity contribution in [3.63, 3.8) is 0 Å². The number of rotatable bonds is 5. The zero-order valence-electron chi connectivity index (χ0n) is 12.7. The molecular formula is C14H14F2N2O4S2. The van der Waals surface area contributed by atoms with E-state index in [4.69, 9.17) is 0 Å². The molecule has 0 saturated carbocycles. The second kappa shape index (κ2) is 6.46. The van der Waals surface area contributed by atoms with Gasteiger partial charge in [-0.15, -0.1) is 0 Å². The molecule has 0 aliphatic heterocycles. The molecular weight excluding hydrogens is 362 g/mol. The Morgan fingerprint density at radius 3 is 2.25 bits per heavy atom. The third kappa shape index (κ3) is 3.71. The Balaban J connectivity index is 2.43. The second-order valence-electron chi connectivity index (χ2n) is 5.00. The first kappa shape index (κ1) is 18.3. The van der Waals surface area contributed by atoms with Gasteiger partial charge in [-0.2, -0.15) is 0 Å². The maximum Gasteiger partial charge on any atom is 0.264 e. The predicted molar refractivity (Wildman–Crippen MR) is 84.5 cm³/mol. The van der Waals surface area contributed by atoms with E-state index in [9.17, 15) is 25.6 Å². The van der Waals surface area contributed by atoms with E-state index in [0.717, 1.165) is 16.4 Å². The summed E-state index contributed by atoms with van der Waals surface area (Å²) in [6.07, 6.45) is 0. The molecule has 0 fully saturated rings. The first-order chi connectivity index (χ1) is 11.0. The summed E-state index contributed by atoms with van der Waals surface area (Å²) in [6, 6.07) is 7.02. The normalized spacial score (nSPS) is 12.4. The van der Waals surface area contributed by atoms with Gasteiger partial charge in [-0.05, 0) is 36.4 Å². The van der Waals surface area contributed by atoms with Gasteiger partial charge >= 0.3 is 0 Å². The van der Waals surface area contributed by atoms with E-state index in [1.165, 1.54) is 32.3 Å². The average Bonchev–Trinajstić information content (AvgIpc) is 2.49. The van der Waals surface area contributed by atoms with Gasteiger partial charge in [0.2, 0.25) is 10.0 Å². The highest BCUT2D eigenvalue weighted by Crippen LogP contribution is 2.22. The van der Waals surface area contributed by atoms with Crippen LogP contribution >= 0.6 is 0 Å². The maximum atomic E-state index is 13.7. The summed E-state index contributed by atoms with van der Waals surface area (Å²) in [5.74, 6) is -2.04. The van der Waals surface area contributed by atoms with Crippen LogP contribution in [-0.2, 0) is 20.0 Å². The summed E-state index contributed by atoms with van der Waals surface area (Å²) in [6.45, 7) is 0. The van der Waals surface area contributed by atoms with Gasteiger partial charge in [-0.3, -0.25) is 4.72 Å². The van der Waals surface area contributed by atoms with E-state index in [-0.39, 0.29) is 10.6 Å². The van der Waals surface area contributed by atoms with Crippen LogP contribution in [0.25, 0.3) is 0 Å². The number of benzene rings is 2. The molecule has 0 aliphatic carbocycles. The second-order valence-corrected chi connectivity index (χ2v) is 8.80. The first-order valence-corrected chi connectivity index (χ1v) is 9.47. The fourth-order valence-electron chi connectivity index (χ4n) is 1.82. The number of sulfonamides is 2. The first-order valence-electron chi connectivity index (χ1n) is 6.54. The van der Waals surface area contributed by atoms with Gasteiger partial charge < -0.3 is 0 Å². The molecule has 0 unspecified atom stereocenters. The Morgan fingerprint density at radius 1 is 0.958 bits per heavy atom. The van der Waals surface area contributed by atoms with Crippen LogP contribution in [0.4, 0.5) is 14.5 Å². The van der Waals surface area contributed by atoms with Crippen LogP contribution in [0.1, 0.15) is 0 Å². The molecule has 2 rings (SSSR count). The lowest BCUT2D eigenvalue weighted by Crippen LogP contribution is -2.22. The molecule has 0 heterocycles. The Labute approximate surface area is 138 Å². The minimum Gasteiger partial charge on any atom is -0.279 e. The summed E-state index contributed by atoms with van der Waals surface area (Å²) in [4.78, 5) is -1.02. The molecule has 10 heteroatoms. The molecule has 0 atom stereocenters. The molecule has 2 aromatic rings. The SMILES string of the molecule is CN(C)S(=O)(=O)c1cccc(NS(=O)(=O)c2cc(F)ccc2F)c1. The summed E-state index contributed by atoms with van der Waals surface area (Å²) >= 11 is 0. The van der Waals surface area contributed by atoms with E-state index < -0.39 is 36.6 Å². The largest absolute Gasteiger partial charge is 0.279 e. The van der Waals surface area contributed by atoms with Gasteiger partial charge in [0.1, 0.15) is 16.5 Å². The lowest BCUT2D eigenvalue weighted by molar-refractivity contribution is 0.520. The minimum absolute atomic E-state index is 0.0958. The summed E-state index contributed by atoms with van der Waals surface area (Å²) in [5.41, 5.74) is -0.0958. The van der Waals surface area contributed by atoms with Crippen LogP contribution in [0, 0.1) is 11.6 Å². The molecule has 130 valence electrons. The Morgan fingerprint density at radius 2 is 1.62 bits per heavy atom. The van der Waals surface area contributed by atoms with E-state index in [2.05, 4.69) is 0 Å². The number of nitrogens with zero attached hydrogens (tertiary/aromatic N) is 1. The summed E-state index contributed by atoms with van der Waals surface area (Å²) in [5, 5.41) is 0. The molecule has 0 aromatic heterocycles. The average molecular weight is 376 g/mol. The van der Waals surface area contributed by atoms with Gasteiger partial charge in [0, 0.05) is 14.1 Å². The Bertz CT molecular complexity index is 974. The third-order valence-corrected chi connectivity index (χ3v) is 6.25. The molecule has 0 saturated heterocycles. The van der Waals surface area contributed by atoms with E-state index in [0.29, 0.717) is 12.1 Å². The molecule has 0 amide bonds. The van der Waals surface area contributed by atoms with Gasteiger partial charge in [-0.1, -0.05) is 6.07 Å². The molecule has 1 N–H and O–H groups in total. The van der Waals surface area contributed by atoms with Crippen LogP contribution in [0.15, 0.2) is 52.3 Å².